The van der Waals surface area contributed by atoms with E-state index >= 15 is 0 Å². The van der Waals surface area contributed by atoms with Crippen molar-refractivity contribution in [3.8, 4) is 0 Å². The lowest BCUT2D eigenvalue weighted by atomic mass is 9.90. The van der Waals surface area contributed by atoms with Gasteiger partial charge in [0.05, 0.1) is 6.42 Å². The molecule has 1 atom stereocenters. The Morgan fingerprint density at radius 2 is 2.04 bits per heavy atom. The van der Waals surface area contributed by atoms with Crippen LogP contribution in [0.15, 0.2) is 48.5 Å². The largest absolute Gasteiger partial charge is 0.355 e. The first-order chi connectivity index (χ1) is 11.1. The second kappa shape index (κ2) is 6.84. The molecule has 0 spiro atoms. The van der Waals surface area contributed by atoms with Crippen LogP contribution in [0, 0.1) is 0 Å². The van der Waals surface area contributed by atoms with Gasteiger partial charge in [0, 0.05) is 29.6 Å². The van der Waals surface area contributed by atoms with Crippen molar-refractivity contribution < 1.29 is 9.59 Å². The minimum absolute atomic E-state index is 0.0536. The number of hydrogen-bond acceptors (Lipinski definition) is 2. The van der Waals surface area contributed by atoms with Crippen molar-refractivity contribution in [2.24, 2.45) is 0 Å². The molecule has 118 valence electrons. The van der Waals surface area contributed by atoms with Gasteiger partial charge >= 0.3 is 0 Å². The van der Waals surface area contributed by atoms with Crippen molar-refractivity contribution in [2.75, 3.05) is 13.1 Å². The molecule has 0 saturated carbocycles. The Balaban J connectivity index is 1.61. The van der Waals surface area contributed by atoms with Crippen molar-refractivity contribution in [3.05, 3.63) is 70.2 Å². The first-order valence-corrected chi connectivity index (χ1v) is 7.89. The molecule has 1 aliphatic heterocycles. The standard InChI is InChI=1S/C18H17ClN2O2/c19-14-5-3-4-12(8-14)9-17(22)20-10-13-11-21-18(23)16-7-2-1-6-15(13)16/h1-8,13H,9-11H2,(H,20,22)(H,21,23). The zero-order valence-corrected chi connectivity index (χ0v) is 13.3. The Bertz CT molecular complexity index is 745. The third kappa shape index (κ3) is 3.71. The van der Waals surface area contributed by atoms with E-state index in [1.165, 1.54) is 0 Å². The first-order valence-electron chi connectivity index (χ1n) is 7.52. The van der Waals surface area contributed by atoms with Crippen LogP contribution in [-0.2, 0) is 11.2 Å². The Morgan fingerprint density at radius 1 is 1.22 bits per heavy atom. The molecule has 5 heteroatoms. The van der Waals surface area contributed by atoms with Gasteiger partial charge in [-0.05, 0) is 29.3 Å². The highest BCUT2D eigenvalue weighted by Crippen LogP contribution is 2.23. The molecule has 2 aromatic rings. The molecule has 0 fully saturated rings. The van der Waals surface area contributed by atoms with Crippen LogP contribution >= 0.6 is 11.6 Å². The van der Waals surface area contributed by atoms with Gasteiger partial charge in [-0.25, -0.2) is 0 Å². The molecule has 2 amide bonds. The summed E-state index contributed by atoms with van der Waals surface area (Å²) in [6.45, 7) is 1.03. The molecule has 1 heterocycles. The number of hydrogen-bond donors (Lipinski definition) is 2. The van der Waals surface area contributed by atoms with Crippen LogP contribution in [-0.4, -0.2) is 24.9 Å². The highest BCUT2D eigenvalue weighted by Gasteiger charge is 2.24. The van der Waals surface area contributed by atoms with Crippen molar-refractivity contribution in [1.29, 1.82) is 0 Å². The van der Waals surface area contributed by atoms with E-state index in [9.17, 15) is 9.59 Å². The molecule has 1 aliphatic rings. The monoisotopic (exact) mass is 328 g/mol. The molecular formula is C18H17ClN2O2. The predicted molar refractivity (Wildman–Crippen MR) is 89.7 cm³/mol. The quantitative estimate of drug-likeness (QED) is 0.906. The summed E-state index contributed by atoms with van der Waals surface area (Å²) in [4.78, 5) is 23.9. The van der Waals surface area contributed by atoms with Crippen LogP contribution in [0.2, 0.25) is 5.02 Å². The minimum Gasteiger partial charge on any atom is -0.355 e. The highest BCUT2D eigenvalue weighted by molar-refractivity contribution is 6.30. The lowest BCUT2D eigenvalue weighted by Gasteiger charge is -2.25. The van der Waals surface area contributed by atoms with Crippen LogP contribution in [0.25, 0.3) is 0 Å². The summed E-state index contributed by atoms with van der Waals surface area (Å²) in [5.74, 6) is -0.0176. The zero-order chi connectivity index (χ0) is 16.2. The van der Waals surface area contributed by atoms with Gasteiger partial charge in [-0.3, -0.25) is 9.59 Å². The Hall–Kier alpha value is -2.33. The van der Waals surface area contributed by atoms with Gasteiger partial charge in [0.1, 0.15) is 0 Å². The van der Waals surface area contributed by atoms with Crippen LogP contribution in [0.3, 0.4) is 0 Å². The average Bonchev–Trinajstić information content (AvgIpc) is 2.54. The predicted octanol–water partition coefficient (Wildman–Crippen LogP) is 2.53. The Kier molecular flexibility index (Phi) is 4.63. The third-order valence-corrected chi connectivity index (χ3v) is 4.19. The van der Waals surface area contributed by atoms with Crippen molar-refractivity contribution in [2.45, 2.75) is 12.3 Å². The zero-order valence-electron chi connectivity index (χ0n) is 12.5. The van der Waals surface area contributed by atoms with E-state index in [4.69, 9.17) is 11.6 Å². The van der Waals surface area contributed by atoms with E-state index < -0.39 is 0 Å². The van der Waals surface area contributed by atoms with Gasteiger partial charge in [0.25, 0.3) is 5.91 Å². The molecule has 2 N–H and O–H groups in total. The maximum atomic E-state index is 12.1. The van der Waals surface area contributed by atoms with E-state index in [-0.39, 0.29) is 17.7 Å². The van der Waals surface area contributed by atoms with Crippen molar-refractivity contribution in [1.82, 2.24) is 10.6 Å². The number of carbonyl (C=O) groups is 2. The number of benzene rings is 2. The summed E-state index contributed by atoms with van der Waals surface area (Å²) in [5.41, 5.74) is 2.56. The SMILES string of the molecule is O=C(Cc1cccc(Cl)c1)NCC1CNC(=O)c2ccccc21. The minimum atomic E-state index is -0.0540. The van der Waals surface area contributed by atoms with E-state index in [1.54, 1.807) is 12.1 Å². The fraction of sp³-hybridized carbons (Fsp3) is 0.222. The first kappa shape index (κ1) is 15.6. The summed E-state index contributed by atoms with van der Waals surface area (Å²) in [6.07, 6.45) is 0.293. The Labute approximate surface area is 139 Å². The van der Waals surface area contributed by atoms with Crippen molar-refractivity contribution >= 4 is 23.4 Å². The molecular weight excluding hydrogens is 312 g/mol. The van der Waals surface area contributed by atoms with Gasteiger partial charge in [-0.2, -0.15) is 0 Å². The highest BCUT2D eigenvalue weighted by atomic mass is 35.5. The second-order valence-corrected chi connectivity index (χ2v) is 6.04. The number of fused-ring (bicyclic) bond motifs is 1. The van der Waals surface area contributed by atoms with Gasteiger partial charge in [-0.1, -0.05) is 41.9 Å². The normalized spacial score (nSPS) is 16.4. The van der Waals surface area contributed by atoms with E-state index in [1.807, 2.05) is 36.4 Å². The fourth-order valence-electron chi connectivity index (χ4n) is 2.79. The molecule has 0 bridgehead atoms. The summed E-state index contributed by atoms with van der Waals surface area (Å²) < 4.78 is 0. The molecule has 0 saturated heterocycles. The maximum absolute atomic E-state index is 12.1. The lowest BCUT2D eigenvalue weighted by molar-refractivity contribution is -0.120. The number of nitrogens with one attached hydrogen (secondary N) is 2. The average molecular weight is 329 g/mol. The summed E-state index contributed by atoms with van der Waals surface area (Å²) in [7, 11) is 0. The van der Waals surface area contributed by atoms with Gasteiger partial charge in [0.15, 0.2) is 0 Å². The second-order valence-electron chi connectivity index (χ2n) is 5.60. The number of amides is 2. The lowest BCUT2D eigenvalue weighted by Crippen LogP contribution is -2.40. The van der Waals surface area contributed by atoms with E-state index in [0.717, 1.165) is 11.1 Å². The molecule has 1 unspecified atom stereocenters. The van der Waals surface area contributed by atoms with Crippen LogP contribution in [0.4, 0.5) is 0 Å². The summed E-state index contributed by atoms with van der Waals surface area (Å²) >= 11 is 5.93. The maximum Gasteiger partial charge on any atom is 0.251 e. The third-order valence-electron chi connectivity index (χ3n) is 3.95. The molecule has 4 nitrogen and oxygen atoms in total. The number of rotatable bonds is 4. The summed E-state index contributed by atoms with van der Waals surface area (Å²) in [5, 5.41) is 6.43. The van der Waals surface area contributed by atoms with Crippen LogP contribution in [0.5, 0.6) is 0 Å². The summed E-state index contributed by atoms with van der Waals surface area (Å²) in [6, 6.07) is 14.8. The molecule has 0 aliphatic carbocycles. The van der Waals surface area contributed by atoms with E-state index in [0.29, 0.717) is 30.1 Å². The smallest absolute Gasteiger partial charge is 0.251 e. The molecule has 3 rings (SSSR count). The molecule has 23 heavy (non-hydrogen) atoms. The number of carbonyl (C=O) groups excluding carboxylic acids is 2. The topological polar surface area (TPSA) is 58.2 Å². The van der Waals surface area contributed by atoms with Gasteiger partial charge in [-0.15, -0.1) is 0 Å². The fourth-order valence-corrected chi connectivity index (χ4v) is 3.01. The van der Waals surface area contributed by atoms with Crippen LogP contribution < -0.4 is 10.6 Å². The van der Waals surface area contributed by atoms with Crippen molar-refractivity contribution in [3.63, 3.8) is 0 Å². The van der Waals surface area contributed by atoms with Gasteiger partial charge < -0.3 is 10.6 Å². The van der Waals surface area contributed by atoms with E-state index in [2.05, 4.69) is 10.6 Å². The Morgan fingerprint density at radius 3 is 2.87 bits per heavy atom. The number of halogens is 1. The molecule has 0 aromatic heterocycles. The molecule has 2 aromatic carbocycles. The molecule has 0 radical (unpaired) electrons. The van der Waals surface area contributed by atoms with Gasteiger partial charge in [0.2, 0.25) is 5.91 Å². The van der Waals surface area contributed by atoms with Crippen LogP contribution in [0.1, 0.15) is 27.4 Å².